The molecule has 0 amide bonds. The highest BCUT2D eigenvalue weighted by Gasteiger charge is 2.52. The SMILES string of the molecule is CN=C/C(=C\N)S(=O)(=O)N1CCC2=Cc3c(cnn3-c3ccc(F)cc3)C[C@]2(C(=O)OC)C1. The van der Waals surface area contributed by atoms with E-state index in [9.17, 15) is 17.6 Å². The quantitative estimate of drug-likeness (QED) is 0.521. The van der Waals surface area contributed by atoms with Gasteiger partial charge in [0, 0.05) is 32.6 Å². The van der Waals surface area contributed by atoms with Crippen molar-refractivity contribution in [2.45, 2.75) is 12.8 Å². The van der Waals surface area contributed by atoms with Crippen LogP contribution in [0, 0.1) is 11.2 Å². The molecule has 0 bridgehead atoms. The molecule has 174 valence electrons. The number of hydrogen-bond donors (Lipinski definition) is 1. The van der Waals surface area contributed by atoms with E-state index in [1.165, 1.54) is 36.8 Å². The number of carbonyl (C=O) groups is 1. The van der Waals surface area contributed by atoms with E-state index in [4.69, 9.17) is 10.5 Å². The third-order valence-electron chi connectivity index (χ3n) is 6.09. The number of methoxy groups -OCH3 is 1. The molecule has 1 atom stereocenters. The number of fused-ring (bicyclic) bond motifs is 2. The van der Waals surface area contributed by atoms with Gasteiger partial charge in [0.25, 0.3) is 0 Å². The van der Waals surface area contributed by atoms with Gasteiger partial charge in [-0.15, -0.1) is 0 Å². The number of aliphatic imine (C=N–C) groups is 1. The molecule has 1 aromatic carbocycles. The number of carbonyl (C=O) groups excluding carboxylic acids is 1. The first-order chi connectivity index (χ1) is 15.8. The summed E-state index contributed by atoms with van der Waals surface area (Å²) in [6.45, 7) is 0.0751. The van der Waals surface area contributed by atoms with Crippen LogP contribution in [0.2, 0.25) is 0 Å². The molecule has 0 radical (unpaired) electrons. The standard InChI is InChI=1S/C22H24FN5O4S/c1-25-13-19(11-24)33(30,31)27-8-7-16-9-20-15(10-22(16,14-27)21(29)32-2)12-26-28(20)18-5-3-17(23)4-6-18/h3-6,9,11-13H,7-8,10,14,24H2,1-2H3/b19-11+,25-13?/t22-/m0/s1. The number of esters is 1. The average Bonchev–Trinajstić information content (AvgIpc) is 3.22. The number of ether oxygens (including phenoxy) is 1. The van der Waals surface area contributed by atoms with Crippen LogP contribution in [0.1, 0.15) is 17.7 Å². The number of nitrogens with two attached hydrogens (primary N) is 1. The Balaban J connectivity index is 1.76. The van der Waals surface area contributed by atoms with Crippen LogP contribution in [-0.2, 0) is 26.0 Å². The molecule has 1 aromatic heterocycles. The minimum absolute atomic E-state index is 0.0934. The second-order valence-electron chi connectivity index (χ2n) is 7.91. The van der Waals surface area contributed by atoms with Gasteiger partial charge in [0.15, 0.2) is 0 Å². The zero-order valence-electron chi connectivity index (χ0n) is 18.2. The van der Waals surface area contributed by atoms with Crippen molar-refractivity contribution in [3.8, 4) is 5.69 Å². The van der Waals surface area contributed by atoms with Crippen molar-refractivity contribution in [1.29, 1.82) is 0 Å². The number of allylic oxidation sites excluding steroid dienone is 1. The van der Waals surface area contributed by atoms with E-state index in [-0.39, 0.29) is 30.2 Å². The number of rotatable bonds is 5. The Morgan fingerprint density at radius 3 is 2.70 bits per heavy atom. The van der Waals surface area contributed by atoms with E-state index in [0.29, 0.717) is 12.1 Å². The second-order valence-corrected chi connectivity index (χ2v) is 9.85. The Kier molecular flexibility index (Phi) is 5.93. The Bertz CT molecular complexity index is 1280. The van der Waals surface area contributed by atoms with Crippen molar-refractivity contribution in [3.05, 3.63) is 64.2 Å². The normalized spacial score (nSPS) is 21.4. The Hall–Kier alpha value is -3.31. The summed E-state index contributed by atoms with van der Waals surface area (Å²) in [6, 6.07) is 5.94. The first kappa shape index (κ1) is 22.9. The molecule has 0 saturated carbocycles. The van der Waals surface area contributed by atoms with E-state index in [0.717, 1.165) is 23.0 Å². The molecule has 2 aromatic rings. The topological polar surface area (TPSA) is 120 Å². The fraction of sp³-hybridized carbons (Fsp3) is 0.318. The molecular weight excluding hydrogens is 449 g/mol. The van der Waals surface area contributed by atoms with Gasteiger partial charge in [-0.05, 0) is 54.3 Å². The van der Waals surface area contributed by atoms with Crippen LogP contribution in [0.5, 0.6) is 0 Å². The maximum atomic E-state index is 13.4. The lowest BCUT2D eigenvalue weighted by atomic mass is 9.69. The van der Waals surface area contributed by atoms with Gasteiger partial charge in [-0.2, -0.15) is 9.40 Å². The molecule has 9 nitrogen and oxygen atoms in total. The predicted molar refractivity (Wildman–Crippen MR) is 121 cm³/mol. The molecule has 33 heavy (non-hydrogen) atoms. The number of benzene rings is 1. The van der Waals surface area contributed by atoms with Gasteiger partial charge in [0.05, 0.1) is 24.7 Å². The van der Waals surface area contributed by atoms with Crippen molar-refractivity contribution < 1.29 is 22.3 Å². The summed E-state index contributed by atoms with van der Waals surface area (Å²) in [7, 11) is -1.22. The Labute approximate surface area is 191 Å². The van der Waals surface area contributed by atoms with Crippen molar-refractivity contribution in [3.63, 3.8) is 0 Å². The average molecular weight is 474 g/mol. The number of sulfonamides is 1. The van der Waals surface area contributed by atoms with Gasteiger partial charge >= 0.3 is 5.97 Å². The van der Waals surface area contributed by atoms with Gasteiger partial charge in [0.1, 0.15) is 16.1 Å². The maximum Gasteiger partial charge on any atom is 0.317 e. The fourth-order valence-electron chi connectivity index (χ4n) is 4.45. The molecule has 2 heterocycles. The number of hydrogen-bond acceptors (Lipinski definition) is 7. The molecule has 1 fully saturated rings. The maximum absolute atomic E-state index is 13.4. The molecule has 4 rings (SSSR count). The van der Waals surface area contributed by atoms with Crippen LogP contribution in [0.25, 0.3) is 11.8 Å². The van der Waals surface area contributed by atoms with Crippen LogP contribution in [0.3, 0.4) is 0 Å². The van der Waals surface area contributed by atoms with Crippen molar-refractivity contribution in [2.75, 3.05) is 27.2 Å². The number of aromatic nitrogens is 2. The third-order valence-corrected chi connectivity index (χ3v) is 7.92. The van der Waals surface area contributed by atoms with E-state index in [1.54, 1.807) is 23.0 Å². The van der Waals surface area contributed by atoms with Crippen molar-refractivity contribution in [1.82, 2.24) is 14.1 Å². The van der Waals surface area contributed by atoms with E-state index < -0.39 is 21.4 Å². The van der Waals surface area contributed by atoms with Crippen LogP contribution < -0.4 is 5.73 Å². The van der Waals surface area contributed by atoms with E-state index in [2.05, 4.69) is 10.1 Å². The molecule has 0 unspecified atom stereocenters. The van der Waals surface area contributed by atoms with Gasteiger partial charge in [0.2, 0.25) is 10.0 Å². The van der Waals surface area contributed by atoms with Gasteiger partial charge in [-0.1, -0.05) is 0 Å². The predicted octanol–water partition coefficient (Wildman–Crippen LogP) is 1.65. The van der Waals surface area contributed by atoms with Crippen LogP contribution >= 0.6 is 0 Å². The molecule has 2 aliphatic rings. The Morgan fingerprint density at radius 2 is 2.06 bits per heavy atom. The second kappa shape index (κ2) is 8.56. The van der Waals surface area contributed by atoms with Crippen LogP contribution in [0.4, 0.5) is 4.39 Å². The lowest BCUT2D eigenvalue weighted by Gasteiger charge is -2.43. The Morgan fingerprint density at radius 1 is 1.33 bits per heavy atom. The van der Waals surface area contributed by atoms with Gasteiger partial charge in [-0.25, -0.2) is 17.5 Å². The summed E-state index contributed by atoms with van der Waals surface area (Å²) in [6.07, 6.45) is 6.21. The highest BCUT2D eigenvalue weighted by Crippen LogP contribution is 2.46. The third kappa shape index (κ3) is 3.76. The van der Waals surface area contributed by atoms with E-state index >= 15 is 0 Å². The molecule has 1 aliphatic carbocycles. The summed E-state index contributed by atoms with van der Waals surface area (Å²) < 4.78 is 47.7. The fourth-order valence-corrected chi connectivity index (χ4v) is 5.88. The summed E-state index contributed by atoms with van der Waals surface area (Å²) in [5.74, 6) is -0.869. The lowest BCUT2D eigenvalue weighted by molar-refractivity contribution is -0.151. The molecule has 11 heteroatoms. The van der Waals surface area contributed by atoms with Gasteiger partial charge < -0.3 is 10.5 Å². The minimum Gasteiger partial charge on any atom is -0.468 e. The summed E-state index contributed by atoms with van der Waals surface area (Å²) in [5, 5.41) is 4.43. The monoisotopic (exact) mass is 473 g/mol. The summed E-state index contributed by atoms with van der Waals surface area (Å²) >= 11 is 0. The largest absolute Gasteiger partial charge is 0.468 e. The first-order valence-corrected chi connectivity index (χ1v) is 11.7. The molecule has 1 saturated heterocycles. The minimum atomic E-state index is -3.96. The molecule has 2 N–H and O–H groups in total. The lowest BCUT2D eigenvalue weighted by Crippen LogP contribution is -2.53. The van der Waals surface area contributed by atoms with Crippen LogP contribution in [-0.4, -0.2) is 61.9 Å². The zero-order valence-corrected chi connectivity index (χ0v) is 19.0. The first-order valence-electron chi connectivity index (χ1n) is 10.2. The molecular formula is C22H24FN5O4S. The molecule has 0 spiro atoms. The number of halogens is 1. The summed E-state index contributed by atoms with van der Waals surface area (Å²) in [5.41, 5.74) is 7.32. The zero-order chi connectivity index (χ0) is 23.8. The smallest absolute Gasteiger partial charge is 0.317 e. The van der Waals surface area contributed by atoms with Crippen molar-refractivity contribution in [2.24, 2.45) is 16.1 Å². The van der Waals surface area contributed by atoms with E-state index in [1.807, 2.05) is 6.08 Å². The summed E-state index contributed by atoms with van der Waals surface area (Å²) in [4.78, 5) is 16.7. The highest BCUT2D eigenvalue weighted by atomic mass is 32.2. The number of nitrogens with zero attached hydrogens (tertiary/aromatic N) is 4. The van der Waals surface area contributed by atoms with Crippen LogP contribution in [0.15, 0.2) is 52.1 Å². The highest BCUT2D eigenvalue weighted by molar-refractivity contribution is 7.93. The van der Waals surface area contributed by atoms with Crippen molar-refractivity contribution >= 4 is 28.3 Å². The van der Waals surface area contributed by atoms with Gasteiger partial charge in [-0.3, -0.25) is 9.79 Å². The molecule has 1 aliphatic heterocycles. The number of piperidine rings is 1.